The number of hydrogen-bond acceptors (Lipinski definition) is 4. The zero-order valence-corrected chi connectivity index (χ0v) is 18.7. The maximum absolute atomic E-state index is 14.0. The van der Waals surface area contributed by atoms with Gasteiger partial charge in [-0.05, 0) is 40.5 Å². The van der Waals surface area contributed by atoms with E-state index in [4.69, 9.17) is 4.74 Å². The smallest absolute Gasteiger partial charge is 0.337 e. The summed E-state index contributed by atoms with van der Waals surface area (Å²) in [4.78, 5) is 41.5. The van der Waals surface area contributed by atoms with Crippen LogP contribution in [0.25, 0.3) is 0 Å². The molecule has 3 aliphatic carbocycles. The lowest BCUT2D eigenvalue weighted by molar-refractivity contribution is -0.124. The molecular weight excluding hydrogens is 414 g/mol. The number of nitrogens with zero attached hydrogens (tertiary/aromatic N) is 1. The molecular formula is C28H23NO4. The van der Waals surface area contributed by atoms with Crippen molar-refractivity contribution in [2.24, 2.45) is 11.8 Å². The summed E-state index contributed by atoms with van der Waals surface area (Å²) >= 11 is 0. The summed E-state index contributed by atoms with van der Waals surface area (Å²) < 4.78 is 4.84. The molecule has 1 saturated heterocycles. The Morgan fingerprint density at radius 3 is 1.64 bits per heavy atom. The third-order valence-electron chi connectivity index (χ3n) is 8.17. The summed E-state index contributed by atoms with van der Waals surface area (Å²) in [6, 6.07) is 23.0. The molecule has 0 unspecified atom stereocenters. The molecule has 0 spiro atoms. The van der Waals surface area contributed by atoms with Crippen molar-refractivity contribution in [3.8, 4) is 0 Å². The second-order valence-corrected chi connectivity index (χ2v) is 9.51. The Morgan fingerprint density at radius 2 is 1.21 bits per heavy atom. The van der Waals surface area contributed by atoms with Crippen LogP contribution in [0.5, 0.6) is 0 Å². The van der Waals surface area contributed by atoms with E-state index >= 15 is 0 Å². The fourth-order valence-corrected chi connectivity index (χ4v) is 6.71. The number of amides is 2. The van der Waals surface area contributed by atoms with Crippen molar-refractivity contribution in [2.75, 3.05) is 12.0 Å². The van der Waals surface area contributed by atoms with Crippen LogP contribution in [0, 0.1) is 11.8 Å². The molecule has 1 heterocycles. The van der Waals surface area contributed by atoms with E-state index < -0.39 is 28.6 Å². The van der Waals surface area contributed by atoms with E-state index in [2.05, 4.69) is 38.1 Å². The van der Waals surface area contributed by atoms with E-state index in [0.717, 1.165) is 22.3 Å². The molecule has 4 aliphatic rings. The van der Waals surface area contributed by atoms with Gasteiger partial charge in [0.05, 0.1) is 30.2 Å². The van der Waals surface area contributed by atoms with Crippen LogP contribution in [-0.4, -0.2) is 24.9 Å². The van der Waals surface area contributed by atoms with Crippen molar-refractivity contribution in [1.82, 2.24) is 0 Å². The summed E-state index contributed by atoms with van der Waals surface area (Å²) in [5, 5.41) is 0. The lowest BCUT2D eigenvalue weighted by atomic mass is 9.42. The fraction of sp³-hybridized carbons (Fsp3) is 0.250. The van der Waals surface area contributed by atoms with Crippen LogP contribution < -0.4 is 4.90 Å². The van der Waals surface area contributed by atoms with Gasteiger partial charge in [-0.1, -0.05) is 68.4 Å². The Morgan fingerprint density at radius 1 is 0.758 bits per heavy atom. The highest BCUT2D eigenvalue weighted by Crippen LogP contribution is 2.66. The van der Waals surface area contributed by atoms with Crippen molar-refractivity contribution >= 4 is 23.5 Å². The Labute approximate surface area is 192 Å². The van der Waals surface area contributed by atoms with Gasteiger partial charge in [0.2, 0.25) is 11.8 Å². The zero-order chi connectivity index (χ0) is 23.1. The van der Waals surface area contributed by atoms with Crippen molar-refractivity contribution < 1.29 is 19.1 Å². The van der Waals surface area contributed by atoms with Gasteiger partial charge in [0.25, 0.3) is 0 Å². The zero-order valence-electron chi connectivity index (χ0n) is 18.7. The number of esters is 1. The normalized spacial score (nSPS) is 28.9. The molecule has 0 aromatic heterocycles. The van der Waals surface area contributed by atoms with Gasteiger partial charge in [-0.15, -0.1) is 0 Å². The van der Waals surface area contributed by atoms with Gasteiger partial charge in [-0.25, -0.2) is 9.69 Å². The van der Waals surface area contributed by atoms with Crippen LogP contribution in [0.1, 0.15) is 46.5 Å². The average Bonchev–Trinajstić information content (AvgIpc) is 3.13. The predicted molar refractivity (Wildman–Crippen MR) is 123 cm³/mol. The Balaban J connectivity index is 1.60. The molecule has 2 amide bonds. The highest BCUT2D eigenvalue weighted by molar-refractivity contribution is 6.24. The number of imide groups is 1. The van der Waals surface area contributed by atoms with Crippen LogP contribution in [0.2, 0.25) is 0 Å². The van der Waals surface area contributed by atoms with E-state index in [0.29, 0.717) is 11.3 Å². The second-order valence-electron chi connectivity index (χ2n) is 9.51. The molecule has 5 nitrogen and oxygen atoms in total. The molecule has 33 heavy (non-hydrogen) atoms. The minimum atomic E-state index is -0.628. The van der Waals surface area contributed by atoms with E-state index in [-0.39, 0.29) is 11.8 Å². The standard InChI is InChI=1S/C28H23NO4/c1-27-18-11-4-6-13-20(18)28(2,21-14-7-5-12-19(21)27)23-22(27)24(30)29(25(23)31)17-10-8-9-16(15-17)26(32)33-3/h4-15,22-23H,1-3H3/t22-,23-,27?,28?/m1/s1. The third-order valence-corrected chi connectivity index (χ3v) is 8.17. The SMILES string of the molecule is COC(=O)c1cccc(N2C(=O)[C@H]3[C@H](C2=O)C2(C)c4ccccc4C3(C)c3ccccc32)c1. The monoisotopic (exact) mass is 437 g/mol. The molecule has 2 atom stereocenters. The van der Waals surface area contributed by atoms with Crippen molar-refractivity contribution in [1.29, 1.82) is 0 Å². The number of ether oxygens (including phenoxy) is 1. The van der Waals surface area contributed by atoms with Crippen molar-refractivity contribution in [3.05, 3.63) is 101 Å². The first-order valence-electron chi connectivity index (χ1n) is 11.1. The molecule has 0 radical (unpaired) electrons. The molecule has 0 N–H and O–H groups in total. The first kappa shape index (κ1) is 19.9. The topological polar surface area (TPSA) is 63.7 Å². The number of carbonyl (C=O) groups is 3. The predicted octanol–water partition coefficient (Wildman–Crippen LogP) is 4.22. The highest BCUT2D eigenvalue weighted by atomic mass is 16.5. The lowest BCUT2D eigenvalue weighted by Crippen LogP contribution is -2.59. The number of carbonyl (C=O) groups excluding carboxylic acids is 3. The first-order chi connectivity index (χ1) is 15.8. The summed E-state index contributed by atoms with van der Waals surface area (Å²) in [5.41, 5.74) is 3.89. The van der Waals surface area contributed by atoms with Crippen LogP contribution in [-0.2, 0) is 25.2 Å². The van der Waals surface area contributed by atoms with Crippen molar-refractivity contribution in [3.63, 3.8) is 0 Å². The average molecular weight is 437 g/mol. The van der Waals surface area contributed by atoms with Crippen molar-refractivity contribution in [2.45, 2.75) is 24.7 Å². The molecule has 1 fully saturated rings. The Hall–Kier alpha value is -3.73. The lowest BCUT2D eigenvalue weighted by Gasteiger charge is -2.57. The molecule has 1 aliphatic heterocycles. The Bertz CT molecular complexity index is 1250. The summed E-state index contributed by atoms with van der Waals surface area (Å²) in [6.07, 6.45) is 0. The third kappa shape index (κ3) is 2.20. The van der Waals surface area contributed by atoms with Gasteiger partial charge < -0.3 is 4.74 Å². The second kappa shape index (κ2) is 6.41. The molecule has 7 rings (SSSR count). The number of hydrogen-bond donors (Lipinski definition) is 0. The summed E-state index contributed by atoms with van der Waals surface area (Å²) in [7, 11) is 1.31. The largest absolute Gasteiger partial charge is 0.465 e. The van der Waals surface area contributed by atoms with Gasteiger partial charge in [-0.2, -0.15) is 0 Å². The van der Waals surface area contributed by atoms with Gasteiger partial charge in [0.15, 0.2) is 0 Å². The van der Waals surface area contributed by atoms with Gasteiger partial charge in [-0.3, -0.25) is 9.59 Å². The van der Waals surface area contributed by atoms with E-state index in [1.54, 1.807) is 24.3 Å². The van der Waals surface area contributed by atoms with E-state index in [9.17, 15) is 14.4 Å². The number of methoxy groups -OCH3 is 1. The first-order valence-corrected chi connectivity index (χ1v) is 11.1. The van der Waals surface area contributed by atoms with Crippen LogP contribution in [0.15, 0.2) is 72.8 Å². The van der Waals surface area contributed by atoms with Crippen LogP contribution in [0.4, 0.5) is 5.69 Å². The molecule has 0 saturated carbocycles. The van der Waals surface area contributed by atoms with Crippen LogP contribution in [0.3, 0.4) is 0 Å². The molecule has 5 heteroatoms. The van der Waals surface area contributed by atoms with Gasteiger partial charge >= 0.3 is 5.97 Å². The van der Waals surface area contributed by atoms with Gasteiger partial charge in [0.1, 0.15) is 0 Å². The number of rotatable bonds is 2. The summed E-state index contributed by atoms with van der Waals surface area (Å²) in [6.45, 7) is 4.20. The minimum Gasteiger partial charge on any atom is -0.465 e. The Kier molecular flexibility index (Phi) is 3.87. The molecule has 2 bridgehead atoms. The van der Waals surface area contributed by atoms with Crippen LogP contribution >= 0.6 is 0 Å². The molecule has 164 valence electrons. The van der Waals surface area contributed by atoms with E-state index in [1.165, 1.54) is 12.0 Å². The van der Waals surface area contributed by atoms with E-state index in [1.807, 2.05) is 24.3 Å². The van der Waals surface area contributed by atoms with Gasteiger partial charge in [0, 0.05) is 10.8 Å². The highest BCUT2D eigenvalue weighted by Gasteiger charge is 2.70. The fourth-order valence-electron chi connectivity index (χ4n) is 6.71. The summed E-state index contributed by atoms with van der Waals surface area (Å²) in [5.74, 6) is -2.00. The molecule has 3 aromatic rings. The quantitative estimate of drug-likeness (QED) is 0.445. The maximum Gasteiger partial charge on any atom is 0.337 e. The maximum atomic E-state index is 14.0. The molecule has 3 aromatic carbocycles. The minimum absolute atomic E-state index is 0.218. The number of anilines is 1. The number of benzene rings is 3.